The first-order valence-corrected chi connectivity index (χ1v) is 11.7. The van der Waals surface area contributed by atoms with Crippen LogP contribution in [-0.4, -0.2) is 76.2 Å². The van der Waals surface area contributed by atoms with Crippen molar-refractivity contribution in [2.75, 3.05) is 56.1 Å². The number of piperazine rings is 1. The summed E-state index contributed by atoms with van der Waals surface area (Å²) in [7, 11) is -2.28. The normalized spacial score (nSPS) is 20.1. The topological polar surface area (TPSA) is 94.2 Å². The van der Waals surface area contributed by atoms with Crippen LogP contribution in [-0.2, 0) is 14.9 Å². The first kappa shape index (κ1) is 23.6. The Kier molecular flexibility index (Phi) is 7.29. The van der Waals surface area contributed by atoms with Crippen molar-refractivity contribution in [3.63, 3.8) is 0 Å². The molecule has 13 heteroatoms. The van der Waals surface area contributed by atoms with Crippen LogP contribution in [0.15, 0.2) is 12.1 Å². The maximum atomic E-state index is 14.8. The number of halogens is 2. The van der Waals surface area contributed by atoms with E-state index in [1.54, 1.807) is 0 Å². The number of hydrogen-bond acceptors (Lipinski definition) is 6. The van der Waals surface area contributed by atoms with Crippen molar-refractivity contribution in [1.29, 1.82) is 0 Å². The van der Waals surface area contributed by atoms with Gasteiger partial charge in [0.05, 0.1) is 23.8 Å². The van der Waals surface area contributed by atoms with E-state index in [0.717, 1.165) is 12.1 Å². The fraction of sp³-hybridized carbons (Fsp3) is 0.556. The zero-order valence-corrected chi connectivity index (χ0v) is 18.9. The molecule has 3 rings (SSSR count). The molecule has 0 saturated carbocycles. The molecule has 2 heterocycles. The van der Waals surface area contributed by atoms with Crippen molar-refractivity contribution in [3.05, 3.63) is 23.8 Å². The minimum Gasteiger partial charge on any atom is -0.442 e. The Labute approximate surface area is 185 Å². The standard InChI is InChI=1S/C18H25F2N5O4S2/c1-3-16(30)22-10-13-11-25(18(26)29-13)12-8-14(19)17(15(20)9-12)23-4-6-24(7-5-23)31(27,28)21-2/h8-9,13,21H,3-7,10-11H2,1-2H3,(H,22,30)/t13-/m0/s1. The molecule has 172 valence electrons. The predicted molar refractivity (Wildman–Crippen MR) is 117 cm³/mol. The molecule has 0 aromatic heterocycles. The Hall–Kier alpha value is -2.09. The summed E-state index contributed by atoms with van der Waals surface area (Å²) in [5.74, 6) is -1.66. The van der Waals surface area contributed by atoms with E-state index < -0.39 is 34.0 Å². The summed E-state index contributed by atoms with van der Waals surface area (Å²) in [6, 6.07) is 2.17. The molecule has 31 heavy (non-hydrogen) atoms. The maximum Gasteiger partial charge on any atom is 0.414 e. The largest absolute Gasteiger partial charge is 0.442 e. The van der Waals surface area contributed by atoms with Gasteiger partial charge in [0.25, 0.3) is 10.2 Å². The van der Waals surface area contributed by atoms with E-state index in [1.165, 1.54) is 21.2 Å². The number of ether oxygens (including phenoxy) is 1. The van der Waals surface area contributed by atoms with Crippen LogP contribution in [0.25, 0.3) is 0 Å². The third kappa shape index (κ3) is 5.22. The molecule has 0 spiro atoms. The molecular weight excluding hydrogens is 452 g/mol. The number of benzene rings is 1. The lowest BCUT2D eigenvalue weighted by molar-refractivity contribution is 0.143. The van der Waals surface area contributed by atoms with E-state index in [1.807, 2.05) is 6.92 Å². The molecule has 1 amide bonds. The summed E-state index contributed by atoms with van der Waals surface area (Å²) in [6.07, 6.45) is -0.524. The molecule has 1 aromatic rings. The van der Waals surface area contributed by atoms with Gasteiger partial charge in [-0.3, -0.25) is 4.90 Å². The molecule has 1 atom stereocenters. The summed E-state index contributed by atoms with van der Waals surface area (Å²) in [6.45, 7) is 2.80. The van der Waals surface area contributed by atoms with E-state index in [4.69, 9.17) is 17.0 Å². The lowest BCUT2D eigenvalue weighted by atomic mass is 10.2. The average molecular weight is 478 g/mol. The van der Waals surface area contributed by atoms with Crippen LogP contribution in [0.2, 0.25) is 0 Å². The van der Waals surface area contributed by atoms with Crippen LogP contribution in [0.3, 0.4) is 0 Å². The highest BCUT2D eigenvalue weighted by atomic mass is 32.2. The van der Waals surface area contributed by atoms with E-state index in [-0.39, 0.29) is 44.1 Å². The number of anilines is 2. The number of thiocarbonyl (C=S) groups is 1. The predicted octanol–water partition coefficient (Wildman–Crippen LogP) is 1.20. The van der Waals surface area contributed by atoms with Crippen LogP contribution in [0, 0.1) is 11.6 Å². The second-order valence-corrected chi connectivity index (χ2v) is 9.49. The second-order valence-electron chi connectivity index (χ2n) is 7.13. The van der Waals surface area contributed by atoms with Gasteiger partial charge in [-0.05, 0) is 6.42 Å². The van der Waals surface area contributed by atoms with Gasteiger partial charge in [-0.1, -0.05) is 19.1 Å². The zero-order chi connectivity index (χ0) is 22.8. The molecule has 0 aliphatic carbocycles. The number of carbonyl (C=O) groups excluding carboxylic acids is 1. The van der Waals surface area contributed by atoms with Gasteiger partial charge in [0.1, 0.15) is 11.8 Å². The van der Waals surface area contributed by atoms with E-state index in [9.17, 15) is 22.0 Å². The molecule has 2 fully saturated rings. The number of cyclic esters (lactones) is 1. The number of nitrogens with zero attached hydrogens (tertiary/aromatic N) is 3. The van der Waals surface area contributed by atoms with Crippen molar-refractivity contribution >= 4 is 44.9 Å². The lowest BCUT2D eigenvalue weighted by Crippen LogP contribution is -2.51. The molecule has 1 aromatic carbocycles. The van der Waals surface area contributed by atoms with Gasteiger partial charge in [0.15, 0.2) is 11.6 Å². The highest BCUT2D eigenvalue weighted by Crippen LogP contribution is 2.31. The van der Waals surface area contributed by atoms with Gasteiger partial charge in [0, 0.05) is 45.4 Å². The van der Waals surface area contributed by atoms with Crippen LogP contribution in [0.4, 0.5) is 25.0 Å². The van der Waals surface area contributed by atoms with Gasteiger partial charge in [0.2, 0.25) is 0 Å². The summed E-state index contributed by atoms with van der Waals surface area (Å²) in [4.78, 5) is 15.5. The fourth-order valence-electron chi connectivity index (χ4n) is 3.48. The van der Waals surface area contributed by atoms with Gasteiger partial charge >= 0.3 is 6.09 Å². The van der Waals surface area contributed by atoms with Gasteiger partial charge < -0.3 is 15.0 Å². The van der Waals surface area contributed by atoms with Gasteiger partial charge in [-0.25, -0.2) is 18.3 Å². The van der Waals surface area contributed by atoms with E-state index in [2.05, 4.69) is 10.0 Å². The highest BCUT2D eigenvalue weighted by molar-refractivity contribution is 7.87. The van der Waals surface area contributed by atoms with E-state index in [0.29, 0.717) is 18.0 Å². The lowest BCUT2D eigenvalue weighted by Gasteiger charge is -2.35. The molecular formula is C18H25F2N5O4S2. The summed E-state index contributed by atoms with van der Waals surface area (Å²) < 4.78 is 62.1. The summed E-state index contributed by atoms with van der Waals surface area (Å²) in [5.41, 5.74) is -0.190. The third-order valence-corrected chi connectivity index (χ3v) is 7.18. The summed E-state index contributed by atoms with van der Waals surface area (Å²) >= 11 is 5.08. The maximum absolute atomic E-state index is 14.8. The first-order chi connectivity index (χ1) is 14.7. The Morgan fingerprint density at radius 3 is 2.39 bits per heavy atom. The molecule has 2 aliphatic rings. The molecule has 2 aliphatic heterocycles. The van der Waals surface area contributed by atoms with Crippen molar-refractivity contribution in [2.45, 2.75) is 19.4 Å². The zero-order valence-electron chi connectivity index (χ0n) is 17.2. The molecule has 0 bridgehead atoms. The molecule has 0 unspecified atom stereocenters. The monoisotopic (exact) mass is 477 g/mol. The second kappa shape index (κ2) is 9.59. The van der Waals surface area contributed by atoms with Crippen LogP contribution in [0.1, 0.15) is 13.3 Å². The quantitative estimate of drug-likeness (QED) is 0.570. The third-order valence-electron chi connectivity index (χ3n) is 5.19. The van der Waals surface area contributed by atoms with Crippen molar-refractivity contribution in [2.24, 2.45) is 0 Å². The Morgan fingerprint density at radius 1 is 1.23 bits per heavy atom. The SMILES string of the molecule is CCC(=S)NC[C@H]1CN(c2cc(F)c(N3CCN(S(=O)(=O)NC)CC3)c(F)c2)C(=O)O1. The minimum absolute atomic E-state index is 0.0562. The number of nitrogens with one attached hydrogen (secondary N) is 2. The van der Waals surface area contributed by atoms with Crippen LogP contribution >= 0.6 is 12.2 Å². The Balaban J connectivity index is 1.70. The summed E-state index contributed by atoms with van der Waals surface area (Å²) in [5, 5.41) is 2.98. The van der Waals surface area contributed by atoms with Crippen molar-refractivity contribution < 1.29 is 26.7 Å². The Bertz CT molecular complexity index is 931. The van der Waals surface area contributed by atoms with Crippen molar-refractivity contribution in [1.82, 2.24) is 14.3 Å². The number of carbonyl (C=O) groups is 1. The Morgan fingerprint density at radius 2 is 1.84 bits per heavy atom. The van der Waals surface area contributed by atoms with Crippen molar-refractivity contribution in [3.8, 4) is 0 Å². The van der Waals surface area contributed by atoms with Gasteiger partial charge in [-0.2, -0.15) is 12.7 Å². The average Bonchev–Trinajstić information content (AvgIpc) is 3.12. The van der Waals surface area contributed by atoms with Gasteiger partial charge in [-0.15, -0.1) is 0 Å². The fourth-order valence-corrected chi connectivity index (χ4v) is 4.47. The number of rotatable bonds is 7. The highest BCUT2D eigenvalue weighted by Gasteiger charge is 2.34. The number of amides is 1. The molecule has 2 saturated heterocycles. The molecule has 0 radical (unpaired) electrons. The molecule has 9 nitrogen and oxygen atoms in total. The molecule has 2 N–H and O–H groups in total. The smallest absolute Gasteiger partial charge is 0.414 e. The van der Waals surface area contributed by atoms with E-state index >= 15 is 0 Å². The van der Waals surface area contributed by atoms with Crippen LogP contribution < -0.4 is 19.8 Å². The first-order valence-electron chi connectivity index (χ1n) is 9.83. The number of hydrogen-bond donors (Lipinski definition) is 2. The van der Waals surface area contributed by atoms with Crippen LogP contribution in [0.5, 0.6) is 0 Å². The minimum atomic E-state index is -3.59.